The Morgan fingerprint density at radius 3 is 2.60 bits per heavy atom. The minimum atomic E-state index is 0.188. The third-order valence-electron chi connectivity index (χ3n) is 3.81. The molecular weight excluding hydrogens is 190 g/mol. The highest BCUT2D eigenvalue weighted by atomic mass is 16.5. The molecule has 15 heavy (non-hydrogen) atoms. The van der Waals surface area contributed by atoms with Gasteiger partial charge in [-0.3, -0.25) is 0 Å². The van der Waals surface area contributed by atoms with E-state index in [1.807, 2.05) is 0 Å². The fourth-order valence-electron chi connectivity index (χ4n) is 2.95. The van der Waals surface area contributed by atoms with E-state index < -0.39 is 0 Å². The zero-order valence-electron chi connectivity index (χ0n) is 8.93. The van der Waals surface area contributed by atoms with Gasteiger partial charge in [0.25, 0.3) is 0 Å². The minimum Gasteiger partial charge on any atom is -0.373 e. The van der Waals surface area contributed by atoms with Crippen molar-refractivity contribution in [3.63, 3.8) is 0 Å². The van der Waals surface area contributed by atoms with Crippen LogP contribution in [0.3, 0.4) is 0 Å². The van der Waals surface area contributed by atoms with Gasteiger partial charge in [-0.2, -0.15) is 0 Å². The second kappa shape index (κ2) is 3.59. The first kappa shape index (κ1) is 9.33. The first-order valence-corrected chi connectivity index (χ1v) is 5.86. The molecule has 0 N–H and O–H groups in total. The Morgan fingerprint density at radius 2 is 1.87 bits per heavy atom. The van der Waals surface area contributed by atoms with Crippen LogP contribution in [0.5, 0.6) is 0 Å². The lowest BCUT2D eigenvalue weighted by Crippen LogP contribution is -2.30. The smallest absolute Gasteiger partial charge is 0.119 e. The van der Waals surface area contributed by atoms with Crippen LogP contribution in [0.4, 0.5) is 0 Å². The summed E-state index contributed by atoms with van der Waals surface area (Å²) in [5.41, 5.74) is 0.188. The van der Waals surface area contributed by atoms with Gasteiger partial charge in [-0.15, -0.1) is 10.2 Å². The fraction of sp³-hybridized carbons (Fsp3) is 0.818. The van der Waals surface area contributed by atoms with E-state index in [0.717, 1.165) is 13.0 Å². The molecule has 4 heteroatoms. The van der Waals surface area contributed by atoms with Gasteiger partial charge in [-0.05, 0) is 19.3 Å². The van der Waals surface area contributed by atoms with Crippen LogP contribution in [0.25, 0.3) is 0 Å². The highest BCUT2D eigenvalue weighted by molar-refractivity contribution is 4.94. The van der Waals surface area contributed by atoms with E-state index >= 15 is 0 Å². The number of hydrogen-bond donors (Lipinski definition) is 0. The van der Waals surface area contributed by atoms with Crippen LogP contribution in [0.1, 0.15) is 44.6 Å². The van der Waals surface area contributed by atoms with Crippen molar-refractivity contribution in [2.45, 2.75) is 50.2 Å². The molecule has 1 spiro atoms. The summed E-state index contributed by atoms with van der Waals surface area (Å²) in [6.45, 7) is 0.831. The van der Waals surface area contributed by atoms with Gasteiger partial charge in [0.2, 0.25) is 0 Å². The fourth-order valence-corrected chi connectivity index (χ4v) is 2.95. The normalized spacial score (nSPS) is 29.7. The van der Waals surface area contributed by atoms with Crippen molar-refractivity contribution in [1.82, 2.24) is 14.8 Å². The molecule has 4 nitrogen and oxygen atoms in total. The first-order valence-electron chi connectivity index (χ1n) is 5.86. The summed E-state index contributed by atoms with van der Waals surface area (Å²) in [5.74, 6) is 0. The monoisotopic (exact) mass is 207 g/mol. The Bertz CT molecular complexity index is 317. The predicted molar refractivity (Wildman–Crippen MR) is 55.4 cm³/mol. The number of ether oxygens (including phenoxy) is 1. The van der Waals surface area contributed by atoms with Gasteiger partial charge in [0.15, 0.2) is 0 Å². The maximum Gasteiger partial charge on any atom is 0.119 e. The second-order valence-corrected chi connectivity index (χ2v) is 4.82. The Hall–Kier alpha value is -0.900. The summed E-state index contributed by atoms with van der Waals surface area (Å²) in [6, 6.07) is 0.457. The van der Waals surface area contributed by atoms with Crippen molar-refractivity contribution in [1.29, 1.82) is 0 Å². The lowest BCUT2D eigenvalue weighted by atomic mass is 9.82. The van der Waals surface area contributed by atoms with Gasteiger partial charge in [0.1, 0.15) is 12.7 Å². The molecular formula is C11H17N3O. The highest BCUT2D eigenvalue weighted by Crippen LogP contribution is 2.42. The van der Waals surface area contributed by atoms with Crippen molar-refractivity contribution in [2.75, 3.05) is 6.61 Å². The number of nitrogens with zero attached hydrogens (tertiary/aromatic N) is 3. The molecule has 0 bridgehead atoms. The summed E-state index contributed by atoms with van der Waals surface area (Å²) < 4.78 is 8.13. The lowest BCUT2D eigenvalue weighted by molar-refractivity contribution is -0.0247. The Kier molecular flexibility index (Phi) is 2.24. The summed E-state index contributed by atoms with van der Waals surface area (Å²) in [6.07, 6.45) is 11.3. The molecule has 1 saturated carbocycles. The minimum absolute atomic E-state index is 0.188. The largest absolute Gasteiger partial charge is 0.373 e. The van der Waals surface area contributed by atoms with Gasteiger partial charge in [-0.1, -0.05) is 19.3 Å². The summed E-state index contributed by atoms with van der Waals surface area (Å²) in [4.78, 5) is 0. The molecule has 0 radical (unpaired) electrons. The average molecular weight is 207 g/mol. The highest BCUT2D eigenvalue weighted by Gasteiger charge is 2.41. The van der Waals surface area contributed by atoms with E-state index in [2.05, 4.69) is 14.8 Å². The Morgan fingerprint density at radius 1 is 1.13 bits per heavy atom. The van der Waals surface area contributed by atoms with Crippen molar-refractivity contribution < 1.29 is 4.74 Å². The molecule has 82 valence electrons. The van der Waals surface area contributed by atoms with Gasteiger partial charge in [0, 0.05) is 0 Å². The van der Waals surface area contributed by atoms with E-state index in [4.69, 9.17) is 4.74 Å². The van der Waals surface area contributed by atoms with E-state index in [-0.39, 0.29) is 5.60 Å². The number of aromatic nitrogens is 3. The van der Waals surface area contributed by atoms with Crippen molar-refractivity contribution >= 4 is 0 Å². The predicted octanol–water partition coefficient (Wildman–Crippen LogP) is 1.94. The molecule has 2 aliphatic rings. The summed E-state index contributed by atoms with van der Waals surface area (Å²) in [5, 5.41) is 7.72. The van der Waals surface area contributed by atoms with Crippen LogP contribution in [-0.2, 0) is 4.74 Å². The van der Waals surface area contributed by atoms with Gasteiger partial charge in [-0.25, -0.2) is 0 Å². The molecule has 2 fully saturated rings. The van der Waals surface area contributed by atoms with Gasteiger partial charge in [0.05, 0.1) is 18.2 Å². The van der Waals surface area contributed by atoms with E-state index in [0.29, 0.717) is 6.04 Å². The van der Waals surface area contributed by atoms with Crippen molar-refractivity contribution in [3.8, 4) is 0 Å². The number of hydrogen-bond acceptors (Lipinski definition) is 3. The molecule has 0 unspecified atom stereocenters. The van der Waals surface area contributed by atoms with Crippen molar-refractivity contribution in [2.24, 2.45) is 0 Å². The maximum atomic E-state index is 6.04. The van der Waals surface area contributed by atoms with Gasteiger partial charge >= 0.3 is 0 Å². The molecule has 1 saturated heterocycles. The Balaban J connectivity index is 1.72. The first-order chi connectivity index (χ1) is 7.38. The van der Waals surface area contributed by atoms with Crippen LogP contribution in [-0.4, -0.2) is 27.0 Å². The molecule has 1 aromatic heterocycles. The quantitative estimate of drug-likeness (QED) is 0.706. The van der Waals surface area contributed by atoms with Crippen LogP contribution in [0, 0.1) is 0 Å². The summed E-state index contributed by atoms with van der Waals surface area (Å²) in [7, 11) is 0. The zero-order chi connectivity index (χ0) is 10.1. The van der Waals surface area contributed by atoms with E-state index in [1.165, 1.54) is 32.1 Å². The molecule has 0 amide bonds. The summed E-state index contributed by atoms with van der Waals surface area (Å²) >= 11 is 0. The standard InChI is InChI=1S/C11H17N3O/c1-2-4-11(5-3-1)6-10(7-15-11)14-8-12-13-9-14/h8-10H,1-7H2/t10-/m1/s1. The zero-order valence-corrected chi connectivity index (χ0v) is 8.93. The Labute approximate surface area is 89.6 Å². The molecule has 3 rings (SSSR count). The third kappa shape index (κ3) is 1.67. The molecule has 0 aromatic carbocycles. The lowest BCUT2D eigenvalue weighted by Gasteiger charge is -2.32. The third-order valence-corrected chi connectivity index (χ3v) is 3.81. The second-order valence-electron chi connectivity index (χ2n) is 4.82. The molecule has 1 atom stereocenters. The van der Waals surface area contributed by atoms with Crippen LogP contribution >= 0.6 is 0 Å². The van der Waals surface area contributed by atoms with E-state index in [1.54, 1.807) is 12.7 Å². The van der Waals surface area contributed by atoms with Gasteiger partial charge < -0.3 is 9.30 Å². The molecule has 1 aliphatic carbocycles. The molecule has 1 aromatic rings. The topological polar surface area (TPSA) is 39.9 Å². The maximum absolute atomic E-state index is 6.04. The average Bonchev–Trinajstić information content (AvgIpc) is 2.88. The molecule has 2 heterocycles. The van der Waals surface area contributed by atoms with Crippen molar-refractivity contribution in [3.05, 3.63) is 12.7 Å². The van der Waals surface area contributed by atoms with Crippen LogP contribution < -0.4 is 0 Å². The van der Waals surface area contributed by atoms with Crippen LogP contribution in [0.15, 0.2) is 12.7 Å². The number of rotatable bonds is 1. The SMILES string of the molecule is c1nncn1[C@H]1COC2(CCCCC2)C1. The van der Waals surface area contributed by atoms with Crippen LogP contribution in [0.2, 0.25) is 0 Å². The van der Waals surface area contributed by atoms with E-state index in [9.17, 15) is 0 Å². The molecule has 1 aliphatic heterocycles.